The lowest BCUT2D eigenvalue weighted by Crippen LogP contribution is -2.33. The van der Waals surface area contributed by atoms with Gasteiger partial charge < -0.3 is 9.64 Å². The quantitative estimate of drug-likeness (QED) is 0.616. The zero-order valence-electron chi connectivity index (χ0n) is 14.4. The number of hydrogen-bond acceptors (Lipinski definition) is 2. The largest absolute Gasteiger partial charge is 0.436 e. The number of carbonyl (C=O) groups is 1. The topological polar surface area (TPSA) is 29.5 Å². The van der Waals surface area contributed by atoms with E-state index in [0.29, 0.717) is 19.5 Å². The monoisotopic (exact) mass is 399 g/mol. The van der Waals surface area contributed by atoms with Crippen LogP contribution in [-0.4, -0.2) is 24.1 Å². The van der Waals surface area contributed by atoms with Crippen molar-refractivity contribution in [1.29, 1.82) is 0 Å². The molecule has 1 saturated heterocycles. The summed E-state index contributed by atoms with van der Waals surface area (Å²) in [4.78, 5) is 14.3. The molecule has 3 nitrogen and oxygen atoms in total. The van der Waals surface area contributed by atoms with Gasteiger partial charge >= 0.3 is 6.09 Å². The van der Waals surface area contributed by atoms with Crippen LogP contribution in [0.4, 0.5) is 4.79 Å². The van der Waals surface area contributed by atoms with Crippen molar-refractivity contribution in [3.63, 3.8) is 0 Å². The lowest BCUT2D eigenvalue weighted by Gasteiger charge is -2.27. The van der Waals surface area contributed by atoms with Crippen molar-refractivity contribution in [2.24, 2.45) is 0 Å². The zero-order chi connectivity index (χ0) is 17.9. The maximum absolute atomic E-state index is 12.5. The molecule has 0 bridgehead atoms. The molecule has 0 unspecified atom stereocenters. The molecule has 1 fully saturated rings. The number of rotatable bonds is 6. The van der Waals surface area contributed by atoms with Gasteiger partial charge in [-0.05, 0) is 36.6 Å². The van der Waals surface area contributed by atoms with Crippen molar-refractivity contribution < 1.29 is 9.53 Å². The van der Waals surface area contributed by atoms with Gasteiger partial charge in [-0.15, -0.1) is 0 Å². The molecule has 0 aromatic heterocycles. The number of halogens is 1. The number of hydrogen-bond donors (Lipinski definition) is 0. The Balaban J connectivity index is 1.76. The van der Waals surface area contributed by atoms with Gasteiger partial charge in [0.05, 0.1) is 6.54 Å². The number of benzene rings is 2. The fourth-order valence-corrected chi connectivity index (χ4v) is 3.56. The average Bonchev–Trinajstić information content (AvgIpc) is 2.91. The Hall–Kier alpha value is -2.07. The van der Waals surface area contributed by atoms with E-state index in [1.165, 1.54) is 5.56 Å². The first-order valence-electron chi connectivity index (χ1n) is 8.41. The van der Waals surface area contributed by atoms with Gasteiger partial charge in [0.2, 0.25) is 0 Å². The lowest BCUT2D eigenvalue weighted by atomic mass is 9.87. The number of carbonyl (C=O) groups excluding carboxylic acids is 1. The summed E-state index contributed by atoms with van der Waals surface area (Å²) < 4.78 is 6.94. The van der Waals surface area contributed by atoms with E-state index in [0.717, 1.165) is 22.0 Å². The molecule has 0 radical (unpaired) electrons. The Morgan fingerprint density at radius 3 is 2.52 bits per heavy atom. The van der Waals surface area contributed by atoms with E-state index >= 15 is 0 Å². The van der Waals surface area contributed by atoms with Crippen LogP contribution in [0.1, 0.15) is 24.5 Å². The van der Waals surface area contributed by atoms with Crippen molar-refractivity contribution in [3.8, 4) is 0 Å². The SMILES string of the molecule is C=C(C)C[C@]1(c2ccccc2)CN(CCc2ccc(Br)cc2)C(=O)O1. The summed E-state index contributed by atoms with van der Waals surface area (Å²) in [6.45, 7) is 7.20. The fraction of sp³-hybridized carbons (Fsp3) is 0.286. The second kappa shape index (κ2) is 7.44. The van der Waals surface area contributed by atoms with E-state index < -0.39 is 5.60 Å². The molecule has 1 aliphatic rings. The highest BCUT2D eigenvalue weighted by atomic mass is 79.9. The molecule has 1 atom stereocenters. The van der Waals surface area contributed by atoms with Gasteiger partial charge in [0.15, 0.2) is 5.60 Å². The third kappa shape index (κ3) is 4.13. The summed E-state index contributed by atoms with van der Waals surface area (Å²) in [7, 11) is 0. The summed E-state index contributed by atoms with van der Waals surface area (Å²) in [5, 5.41) is 0. The summed E-state index contributed by atoms with van der Waals surface area (Å²) in [5.74, 6) is 0. The third-order valence-corrected chi connectivity index (χ3v) is 4.99. The van der Waals surface area contributed by atoms with Crippen molar-refractivity contribution >= 4 is 22.0 Å². The van der Waals surface area contributed by atoms with E-state index in [2.05, 4.69) is 34.6 Å². The van der Waals surface area contributed by atoms with Crippen molar-refractivity contribution in [1.82, 2.24) is 4.90 Å². The van der Waals surface area contributed by atoms with Crippen LogP contribution >= 0.6 is 15.9 Å². The van der Waals surface area contributed by atoms with Crippen LogP contribution in [0.3, 0.4) is 0 Å². The minimum Gasteiger partial charge on any atom is -0.436 e. The van der Waals surface area contributed by atoms with Crippen LogP contribution in [0.15, 0.2) is 71.2 Å². The molecule has 0 spiro atoms. The molecule has 3 rings (SSSR count). The Morgan fingerprint density at radius 1 is 1.20 bits per heavy atom. The predicted molar refractivity (Wildman–Crippen MR) is 103 cm³/mol. The minimum absolute atomic E-state index is 0.248. The molecule has 4 heteroatoms. The fourth-order valence-electron chi connectivity index (χ4n) is 3.30. The number of ether oxygens (including phenoxy) is 1. The highest BCUT2D eigenvalue weighted by Crippen LogP contribution is 2.38. The second-order valence-corrected chi connectivity index (χ2v) is 7.58. The average molecular weight is 400 g/mol. The highest BCUT2D eigenvalue weighted by Gasteiger charge is 2.46. The molecular weight excluding hydrogens is 378 g/mol. The van der Waals surface area contributed by atoms with E-state index in [1.54, 1.807) is 4.90 Å². The molecule has 25 heavy (non-hydrogen) atoms. The van der Waals surface area contributed by atoms with Crippen LogP contribution in [0.5, 0.6) is 0 Å². The minimum atomic E-state index is -0.635. The van der Waals surface area contributed by atoms with Gasteiger partial charge in [-0.2, -0.15) is 0 Å². The van der Waals surface area contributed by atoms with E-state index in [1.807, 2.05) is 49.4 Å². The predicted octanol–water partition coefficient (Wildman–Crippen LogP) is 5.31. The van der Waals surface area contributed by atoms with Gasteiger partial charge in [0.25, 0.3) is 0 Å². The zero-order valence-corrected chi connectivity index (χ0v) is 16.0. The maximum Gasteiger partial charge on any atom is 0.410 e. The summed E-state index contributed by atoms with van der Waals surface area (Å²) >= 11 is 3.44. The van der Waals surface area contributed by atoms with Crippen LogP contribution < -0.4 is 0 Å². The van der Waals surface area contributed by atoms with Gasteiger partial charge in [-0.3, -0.25) is 0 Å². The number of cyclic esters (lactones) is 1. The van der Waals surface area contributed by atoms with Gasteiger partial charge in [-0.25, -0.2) is 4.79 Å². The normalized spacial score (nSPS) is 19.8. The Labute approximate surface area is 157 Å². The van der Waals surface area contributed by atoms with Crippen LogP contribution in [-0.2, 0) is 16.8 Å². The second-order valence-electron chi connectivity index (χ2n) is 6.66. The lowest BCUT2D eigenvalue weighted by molar-refractivity contribution is 0.0547. The summed E-state index contributed by atoms with van der Waals surface area (Å²) in [6, 6.07) is 18.2. The standard InChI is InChI=1S/C21H22BrNO2/c1-16(2)14-21(18-6-4-3-5-7-18)15-23(20(24)25-21)13-12-17-8-10-19(22)11-9-17/h3-11H,1,12-15H2,2H3/t21-/m1/s1. The molecule has 130 valence electrons. The van der Waals surface area contributed by atoms with E-state index in [-0.39, 0.29) is 6.09 Å². The Kier molecular flexibility index (Phi) is 5.28. The van der Waals surface area contributed by atoms with E-state index in [9.17, 15) is 4.79 Å². The molecular formula is C21H22BrNO2. The summed E-state index contributed by atoms with van der Waals surface area (Å²) in [5.41, 5.74) is 2.60. The van der Waals surface area contributed by atoms with Gasteiger partial charge in [0, 0.05) is 17.4 Å². The van der Waals surface area contributed by atoms with E-state index in [4.69, 9.17) is 4.74 Å². The molecule has 1 aliphatic heterocycles. The first-order chi connectivity index (χ1) is 12.0. The Bertz CT molecular complexity index is 757. The molecule has 2 aromatic rings. The van der Waals surface area contributed by atoms with Crippen molar-refractivity contribution in [3.05, 3.63) is 82.3 Å². The first-order valence-corrected chi connectivity index (χ1v) is 9.20. The van der Waals surface area contributed by atoms with Gasteiger partial charge in [-0.1, -0.05) is 70.5 Å². The summed E-state index contributed by atoms with van der Waals surface area (Å²) in [6.07, 6.45) is 1.19. The molecule has 0 aliphatic carbocycles. The molecule has 0 saturated carbocycles. The van der Waals surface area contributed by atoms with Crippen molar-refractivity contribution in [2.75, 3.05) is 13.1 Å². The van der Waals surface area contributed by atoms with Crippen LogP contribution in [0.25, 0.3) is 0 Å². The molecule has 1 amide bonds. The first kappa shape index (κ1) is 17.7. The number of nitrogens with zero attached hydrogens (tertiary/aromatic N) is 1. The molecule has 2 aromatic carbocycles. The van der Waals surface area contributed by atoms with Crippen LogP contribution in [0, 0.1) is 0 Å². The molecule has 1 heterocycles. The highest BCUT2D eigenvalue weighted by molar-refractivity contribution is 9.10. The third-order valence-electron chi connectivity index (χ3n) is 4.46. The molecule has 0 N–H and O–H groups in total. The van der Waals surface area contributed by atoms with Gasteiger partial charge in [0.1, 0.15) is 0 Å². The maximum atomic E-state index is 12.5. The Morgan fingerprint density at radius 2 is 1.88 bits per heavy atom. The smallest absolute Gasteiger partial charge is 0.410 e. The van der Waals surface area contributed by atoms with Crippen molar-refractivity contribution in [2.45, 2.75) is 25.4 Å². The van der Waals surface area contributed by atoms with Crippen LogP contribution in [0.2, 0.25) is 0 Å². The number of amides is 1.